The van der Waals surface area contributed by atoms with Crippen LogP contribution in [0.5, 0.6) is 0 Å². The van der Waals surface area contributed by atoms with Crippen LogP contribution in [0.3, 0.4) is 0 Å². The molecule has 0 aliphatic carbocycles. The fourth-order valence-corrected chi connectivity index (χ4v) is 1.75. The third-order valence-corrected chi connectivity index (χ3v) is 2.92. The van der Waals surface area contributed by atoms with Crippen molar-refractivity contribution in [1.82, 2.24) is 0 Å². The Balaban J connectivity index is 2.12. The predicted octanol–water partition coefficient (Wildman–Crippen LogP) is 2.51. The van der Waals surface area contributed by atoms with Gasteiger partial charge in [0.1, 0.15) is 6.04 Å². The molecule has 0 bridgehead atoms. The summed E-state index contributed by atoms with van der Waals surface area (Å²) < 4.78 is 0. The monoisotopic (exact) mass is 235 g/mol. The molecule has 0 fully saturated rings. The summed E-state index contributed by atoms with van der Waals surface area (Å²) in [5, 5.41) is 8.62. The van der Waals surface area contributed by atoms with Crippen molar-refractivity contribution < 1.29 is 9.90 Å². The number of carboxylic acid groups (broad SMARTS) is 1. The number of rotatable bonds is 7. The smallest absolute Gasteiger partial charge is 0.320 e. The number of hydrogen-bond donors (Lipinski definition) is 2. The maximum Gasteiger partial charge on any atom is 0.320 e. The van der Waals surface area contributed by atoms with Gasteiger partial charge in [0.2, 0.25) is 0 Å². The van der Waals surface area contributed by atoms with Crippen LogP contribution in [0.25, 0.3) is 0 Å². The number of benzene rings is 1. The number of carboxylic acids is 1. The molecular formula is C14H21NO2. The molecule has 0 amide bonds. The molecule has 94 valence electrons. The van der Waals surface area contributed by atoms with Gasteiger partial charge < -0.3 is 10.8 Å². The van der Waals surface area contributed by atoms with Crippen LogP contribution < -0.4 is 5.73 Å². The molecule has 0 unspecified atom stereocenters. The molecule has 0 saturated carbocycles. The quantitative estimate of drug-likeness (QED) is 0.714. The molecule has 0 aromatic heterocycles. The molecule has 0 aliphatic rings. The number of carbonyl (C=O) groups is 1. The lowest BCUT2D eigenvalue weighted by Crippen LogP contribution is -2.29. The Morgan fingerprint density at radius 1 is 1.24 bits per heavy atom. The molecular weight excluding hydrogens is 214 g/mol. The number of hydrogen-bond acceptors (Lipinski definition) is 2. The van der Waals surface area contributed by atoms with Crippen LogP contribution >= 0.6 is 0 Å². The summed E-state index contributed by atoms with van der Waals surface area (Å²) in [6, 6.07) is 7.84. The summed E-state index contributed by atoms with van der Waals surface area (Å²) in [6.45, 7) is 2.08. The SMILES string of the molecule is Cc1ccc(CCCCC[C@H](N)C(=O)O)cc1. The topological polar surface area (TPSA) is 63.3 Å². The van der Waals surface area contributed by atoms with Crippen molar-refractivity contribution in [1.29, 1.82) is 0 Å². The third-order valence-electron chi connectivity index (χ3n) is 2.92. The lowest BCUT2D eigenvalue weighted by molar-refractivity contribution is -0.138. The molecule has 0 saturated heterocycles. The van der Waals surface area contributed by atoms with Gasteiger partial charge in [-0.2, -0.15) is 0 Å². The van der Waals surface area contributed by atoms with Gasteiger partial charge in [0.15, 0.2) is 0 Å². The highest BCUT2D eigenvalue weighted by molar-refractivity contribution is 5.72. The minimum absolute atomic E-state index is 0.573. The van der Waals surface area contributed by atoms with E-state index < -0.39 is 12.0 Å². The first-order valence-corrected chi connectivity index (χ1v) is 6.13. The predicted molar refractivity (Wildman–Crippen MR) is 69.0 cm³/mol. The molecule has 3 N–H and O–H groups in total. The Bertz CT molecular complexity index is 346. The highest BCUT2D eigenvalue weighted by Gasteiger charge is 2.09. The maximum atomic E-state index is 10.5. The van der Waals surface area contributed by atoms with E-state index >= 15 is 0 Å². The van der Waals surface area contributed by atoms with Crippen molar-refractivity contribution in [2.45, 2.75) is 45.1 Å². The zero-order valence-corrected chi connectivity index (χ0v) is 10.4. The van der Waals surface area contributed by atoms with Crippen LogP contribution in [0.2, 0.25) is 0 Å². The van der Waals surface area contributed by atoms with E-state index in [1.54, 1.807) is 0 Å². The van der Waals surface area contributed by atoms with Gasteiger partial charge in [0.05, 0.1) is 0 Å². The average Bonchev–Trinajstić information content (AvgIpc) is 2.30. The number of nitrogens with two attached hydrogens (primary N) is 1. The van der Waals surface area contributed by atoms with Crippen molar-refractivity contribution in [2.75, 3.05) is 0 Å². The van der Waals surface area contributed by atoms with Gasteiger partial charge in [0, 0.05) is 0 Å². The standard InChI is InChI=1S/C14H21NO2/c1-11-7-9-12(10-8-11)5-3-2-4-6-13(15)14(16)17/h7-10,13H,2-6,15H2,1H3,(H,16,17)/t13-/m0/s1. The molecule has 1 rings (SSSR count). The molecule has 1 atom stereocenters. The summed E-state index contributed by atoms with van der Waals surface area (Å²) in [5.41, 5.74) is 8.05. The van der Waals surface area contributed by atoms with Crippen molar-refractivity contribution in [3.8, 4) is 0 Å². The van der Waals surface area contributed by atoms with Crippen molar-refractivity contribution in [3.63, 3.8) is 0 Å². The summed E-state index contributed by atoms with van der Waals surface area (Å²) >= 11 is 0. The van der Waals surface area contributed by atoms with Gasteiger partial charge in [-0.1, -0.05) is 42.7 Å². The average molecular weight is 235 g/mol. The molecule has 3 heteroatoms. The van der Waals surface area contributed by atoms with Gasteiger partial charge in [-0.3, -0.25) is 4.79 Å². The van der Waals surface area contributed by atoms with Crippen molar-refractivity contribution in [3.05, 3.63) is 35.4 Å². The Kier molecular flexibility index (Phi) is 5.70. The fourth-order valence-electron chi connectivity index (χ4n) is 1.75. The molecule has 0 spiro atoms. The van der Waals surface area contributed by atoms with Crippen LogP contribution in [-0.4, -0.2) is 17.1 Å². The van der Waals surface area contributed by atoms with Gasteiger partial charge in [-0.05, 0) is 31.7 Å². The van der Waals surface area contributed by atoms with E-state index in [1.807, 2.05) is 0 Å². The minimum atomic E-state index is -0.900. The molecule has 17 heavy (non-hydrogen) atoms. The number of aliphatic carboxylic acids is 1. The lowest BCUT2D eigenvalue weighted by Gasteiger charge is -2.06. The van der Waals surface area contributed by atoms with Crippen LogP contribution in [0.1, 0.15) is 36.8 Å². The highest BCUT2D eigenvalue weighted by Crippen LogP contribution is 2.09. The molecule has 3 nitrogen and oxygen atoms in total. The van der Waals surface area contributed by atoms with E-state index in [-0.39, 0.29) is 0 Å². The Morgan fingerprint density at radius 2 is 1.88 bits per heavy atom. The highest BCUT2D eigenvalue weighted by atomic mass is 16.4. The zero-order chi connectivity index (χ0) is 12.7. The maximum absolute atomic E-state index is 10.5. The largest absolute Gasteiger partial charge is 0.480 e. The molecule has 0 radical (unpaired) electrons. The summed E-state index contributed by atoms with van der Waals surface area (Å²) in [7, 11) is 0. The van der Waals surface area contributed by atoms with E-state index in [9.17, 15) is 4.79 Å². The van der Waals surface area contributed by atoms with Crippen molar-refractivity contribution >= 4 is 5.97 Å². The summed E-state index contributed by atoms with van der Waals surface area (Å²) in [4.78, 5) is 10.5. The second-order valence-electron chi connectivity index (χ2n) is 4.53. The normalized spacial score (nSPS) is 12.4. The summed E-state index contributed by atoms with van der Waals surface area (Å²) in [5.74, 6) is -0.900. The summed E-state index contributed by atoms with van der Waals surface area (Å²) in [6.07, 6.45) is 4.65. The third kappa shape index (κ3) is 5.50. The first-order chi connectivity index (χ1) is 8.09. The van der Waals surface area contributed by atoms with E-state index in [0.717, 1.165) is 25.7 Å². The van der Waals surface area contributed by atoms with Crippen LogP contribution in [0.4, 0.5) is 0 Å². The van der Waals surface area contributed by atoms with Crippen molar-refractivity contribution in [2.24, 2.45) is 5.73 Å². The minimum Gasteiger partial charge on any atom is -0.480 e. The van der Waals surface area contributed by atoms with E-state index in [4.69, 9.17) is 10.8 Å². The van der Waals surface area contributed by atoms with E-state index in [0.29, 0.717) is 6.42 Å². The first-order valence-electron chi connectivity index (χ1n) is 6.13. The molecule has 0 heterocycles. The Hall–Kier alpha value is -1.35. The van der Waals surface area contributed by atoms with Crippen LogP contribution in [0, 0.1) is 6.92 Å². The number of aryl methyl sites for hydroxylation is 2. The second kappa shape index (κ2) is 7.07. The molecule has 1 aromatic carbocycles. The first kappa shape index (κ1) is 13.7. The van der Waals surface area contributed by atoms with E-state index in [1.165, 1.54) is 11.1 Å². The zero-order valence-electron chi connectivity index (χ0n) is 10.4. The fraction of sp³-hybridized carbons (Fsp3) is 0.500. The van der Waals surface area contributed by atoms with Gasteiger partial charge in [-0.25, -0.2) is 0 Å². The van der Waals surface area contributed by atoms with Gasteiger partial charge in [-0.15, -0.1) is 0 Å². The van der Waals surface area contributed by atoms with Crippen LogP contribution in [-0.2, 0) is 11.2 Å². The Labute approximate surface area is 103 Å². The van der Waals surface area contributed by atoms with Gasteiger partial charge >= 0.3 is 5.97 Å². The molecule has 1 aromatic rings. The second-order valence-corrected chi connectivity index (χ2v) is 4.53. The molecule has 0 aliphatic heterocycles. The number of unbranched alkanes of at least 4 members (excludes halogenated alkanes) is 2. The van der Waals surface area contributed by atoms with Gasteiger partial charge in [0.25, 0.3) is 0 Å². The van der Waals surface area contributed by atoms with Crippen LogP contribution in [0.15, 0.2) is 24.3 Å². The van der Waals surface area contributed by atoms with E-state index in [2.05, 4.69) is 31.2 Å². The Morgan fingerprint density at radius 3 is 2.47 bits per heavy atom. The lowest BCUT2D eigenvalue weighted by atomic mass is 10.0.